The standard InChI is InChI=1S/C20H17N3O2S2/c1-12-9-13(7-8-16(12)25-2)10-18(24)23-20-22-15(11-26-20)19-21-14-5-3-4-6-17(14)27-19/h3-9,11H,10H2,1-2H3,(H,22,23,24). The van der Waals surface area contributed by atoms with Gasteiger partial charge in [-0.25, -0.2) is 9.97 Å². The number of ether oxygens (including phenoxy) is 1. The first-order valence-electron chi connectivity index (χ1n) is 8.37. The Morgan fingerprint density at radius 3 is 2.81 bits per heavy atom. The number of thiazole rings is 2. The highest BCUT2D eigenvalue weighted by Crippen LogP contribution is 2.32. The Bertz CT molecular complexity index is 1080. The second kappa shape index (κ2) is 7.46. The number of methoxy groups -OCH3 is 1. The number of fused-ring (bicyclic) bond motifs is 1. The van der Waals surface area contributed by atoms with Gasteiger partial charge in [0.25, 0.3) is 0 Å². The van der Waals surface area contributed by atoms with E-state index in [2.05, 4.69) is 15.3 Å². The highest BCUT2D eigenvalue weighted by molar-refractivity contribution is 7.22. The van der Waals surface area contributed by atoms with Crippen LogP contribution in [0.25, 0.3) is 20.9 Å². The number of amides is 1. The number of hydrogen-bond donors (Lipinski definition) is 1. The number of rotatable bonds is 5. The van der Waals surface area contributed by atoms with E-state index in [9.17, 15) is 4.79 Å². The zero-order valence-corrected chi connectivity index (χ0v) is 16.5. The topological polar surface area (TPSA) is 64.1 Å². The van der Waals surface area contributed by atoms with Crippen LogP contribution in [0.3, 0.4) is 0 Å². The first-order chi connectivity index (χ1) is 13.1. The average molecular weight is 396 g/mol. The molecule has 0 unspecified atom stereocenters. The molecular weight excluding hydrogens is 378 g/mol. The van der Waals surface area contributed by atoms with E-state index in [0.29, 0.717) is 11.6 Å². The molecule has 2 heterocycles. The fourth-order valence-electron chi connectivity index (χ4n) is 2.81. The number of para-hydroxylation sites is 1. The van der Waals surface area contributed by atoms with Crippen molar-refractivity contribution in [3.63, 3.8) is 0 Å². The summed E-state index contributed by atoms with van der Waals surface area (Å²) in [6, 6.07) is 13.8. The third kappa shape index (κ3) is 3.84. The minimum Gasteiger partial charge on any atom is -0.496 e. The molecule has 0 bridgehead atoms. The number of nitrogens with one attached hydrogen (secondary N) is 1. The van der Waals surface area contributed by atoms with E-state index in [1.165, 1.54) is 11.3 Å². The molecule has 5 nitrogen and oxygen atoms in total. The van der Waals surface area contributed by atoms with E-state index in [1.54, 1.807) is 18.4 Å². The molecule has 4 rings (SSSR count). The van der Waals surface area contributed by atoms with Crippen LogP contribution in [0.1, 0.15) is 11.1 Å². The Hall–Kier alpha value is -2.77. The van der Waals surface area contributed by atoms with Gasteiger partial charge in [0.2, 0.25) is 5.91 Å². The zero-order valence-electron chi connectivity index (χ0n) is 14.9. The van der Waals surface area contributed by atoms with Gasteiger partial charge in [0.1, 0.15) is 16.5 Å². The largest absolute Gasteiger partial charge is 0.496 e. The lowest BCUT2D eigenvalue weighted by molar-refractivity contribution is -0.115. The molecule has 2 aromatic carbocycles. The molecule has 0 aliphatic carbocycles. The van der Waals surface area contributed by atoms with Crippen molar-refractivity contribution in [2.24, 2.45) is 0 Å². The van der Waals surface area contributed by atoms with E-state index in [-0.39, 0.29) is 5.91 Å². The zero-order chi connectivity index (χ0) is 18.8. The van der Waals surface area contributed by atoms with Crippen molar-refractivity contribution in [2.75, 3.05) is 12.4 Å². The molecule has 0 aliphatic heterocycles. The van der Waals surface area contributed by atoms with Crippen molar-refractivity contribution in [3.05, 3.63) is 59.0 Å². The first-order valence-corrected chi connectivity index (χ1v) is 10.1. The maximum atomic E-state index is 12.3. The SMILES string of the molecule is COc1ccc(CC(=O)Nc2nc(-c3nc4ccccc4s3)cs2)cc1C. The van der Waals surface area contributed by atoms with Crippen molar-refractivity contribution >= 4 is 43.9 Å². The van der Waals surface area contributed by atoms with Crippen LogP contribution in [0.4, 0.5) is 5.13 Å². The van der Waals surface area contributed by atoms with Crippen LogP contribution in [0.2, 0.25) is 0 Å². The number of anilines is 1. The molecule has 2 aromatic heterocycles. The number of nitrogens with zero attached hydrogens (tertiary/aromatic N) is 2. The molecule has 1 N–H and O–H groups in total. The lowest BCUT2D eigenvalue weighted by Crippen LogP contribution is -2.14. The van der Waals surface area contributed by atoms with Gasteiger partial charge in [-0.05, 0) is 36.2 Å². The Morgan fingerprint density at radius 2 is 2.04 bits per heavy atom. The number of carbonyl (C=O) groups is 1. The van der Waals surface area contributed by atoms with Crippen LogP contribution < -0.4 is 10.1 Å². The van der Waals surface area contributed by atoms with Crippen molar-refractivity contribution in [2.45, 2.75) is 13.3 Å². The highest BCUT2D eigenvalue weighted by Gasteiger charge is 2.12. The third-order valence-electron chi connectivity index (χ3n) is 4.09. The van der Waals surface area contributed by atoms with Crippen LogP contribution >= 0.6 is 22.7 Å². The Morgan fingerprint density at radius 1 is 1.19 bits per heavy atom. The van der Waals surface area contributed by atoms with Gasteiger partial charge in [-0.1, -0.05) is 24.3 Å². The van der Waals surface area contributed by atoms with Gasteiger partial charge in [0.05, 0.1) is 23.7 Å². The monoisotopic (exact) mass is 395 g/mol. The third-order valence-corrected chi connectivity index (χ3v) is 5.90. The second-order valence-corrected chi connectivity index (χ2v) is 7.94. The summed E-state index contributed by atoms with van der Waals surface area (Å²) < 4.78 is 6.38. The Kier molecular flexibility index (Phi) is 4.87. The number of aromatic nitrogens is 2. The van der Waals surface area contributed by atoms with E-state index < -0.39 is 0 Å². The predicted octanol–water partition coefficient (Wildman–Crippen LogP) is 4.92. The summed E-state index contributed by atoms with van der Waals surface area (Å²) in [6.07, 6.45) is 0.293. The van der Waals surface area contributed by atoms with Crippen LogP contribution in [0, 0.1) is 6.92 Å². The van der Waals surface area contributed by atoms with Gasteiger partial charge in [-0.15, -0.1) is 22.7 Å². The van der Waals surface area contributed by atoms with Gasteiger partial charge >= 0.3 is 0 Å². The number of hydrogen-bond acceptors (Lipinski definition) is 6. The van der Waals surface area contributed by atoms with Gasteiger partial charge in [-0.3, -0.25) is 4.79 Å². The Labute approximate surface area is 164 Å². The summed E-state index contributed by atoms with van der Waals surface area (Å²) in [4.78, 5) is 21.5. The number of aryl methyl sites for hydroxylation is 1. The highest BCUT2D eigenvalue weighted by atomic mass is 32.1. The second-order valence-electron chi connectivity index (χ2n) is 6.05. The molecule has 136 valence electrons. The van der Waals surface area contributed by atoms with Crippen molar-refractivity contribution in [1.82, 2.24) is 9.97 Å². The predicted molar refractivity (Wildman–Crippen MR) is 111 cm³/mol. The molecule has 0 spiro atoms. The van der Waals surface area contributed by atoms with Gasteiger partial charge in [0.15, 0.2) is 5.13 Å². The maximum Gasteiger partial charge on any atom is 0.230 e. The minimum atomic E-state index is -0.0928. The quantitative estimate of drug-likeness (QED) is 0.521. The van der Waals surface area contributed by atoms with Crippen molar-refractivity contribution in [3.8, 4) is 16.5 Å². The molecule has 0 saturated carbocycles. The number of carbonyl (C=O) groups excluding carboxylic acids is 1. The summed E-state index contributed by atoms with van der Waals surface area (Å²) in [5.41, 5.74) is 3.70. The fourth-order valence-corrected chi connectivity index (χ4v) is 4.52. The molecule has 0 atom stereocenters. The Balaban J connectivity index is 1.45. The van der Waals surface area contributed by atoms with E-state index in [4.69, 9.17) is 4.74 Å². The molecule has 0 saturated heterocycles. The molecule has 27 heavy (non-hydrogen) atoms. The molecule has 0 fully saturated rings. The molecule has 1 amide bonds. The molecular formula is C20H17N3O2S2. The molecule has 4 aromatic rings. The molecule has 0 aliphatic rings. The van der Waals surface area contributed by atoms with Crippen molar-refractivity contribution < 1.29 is 9.53 Å². The summed E-state index contributed by atoms with van der Waals surface area (Å²) >= 11 is 3.00. The number of benzene rings is 2. The lowest BCUT2D eigenvalue weighted by Gasteiger charge is -2.07. The van der Waals surface area contributed by atoms with E-state index in [0.717, 1.165) is 37.8 Å². The summed E-state index contributed by atoms with van der Waals surface area (Å²) in [5.74, 6) is 0.726. The minimum absolute atomic E-state index is 0.0928. The van der Waals surface area contributed by atoms with Crippen LogP contribution in [-0.2, 0) is 11.2 Å². The smallest absolute Gasteiger partial charge is 0.230 e. The summed E-state index contributed by atoms with van der Waals surface area (Å²) in [5, 5.41) is 6.24. The van der Waals surface area contributed by atoms with Gasteiger partial charge < -0.3 is 10.1 Å². The summed E-state index contributed by atoms with van der Waals surface area (Å²) in [6.45, 7) is 1.96. The molecule has 7 heteroatoms. The van der Waals surface area contributed by atoms with Gasteiger partial charge in [0, 0.05) is 5.38 Å². The van der Waals surface area contributed by atoms with Crippen LogP contribution in [-0.4, -0.2) is 23.0 Å². The maximum absolute atomic E-state index is 12.3. The van der Waals surface area contributed by atoms with Crippen LogP contribution in [0.5, 0.6) is 5.75 Å². The first kappa shape index (κ1) is 17.6. The van der Waals surface area contributed by atoms with Crippen molar-refractivity contribution in [1.29, 1.82) is 0 Å². The normalized spacial score (nSPS) is 10.9. The van der Waals surface area contributed by atoms with Crippen LogP contribution in [0.15, 0.2) is 47.8 Å². The van der Waals surface area contributed by atoms with Gasteiger partial charge in [-0.2, -0.15) is 0 Å². The average Bonchev–Trinajstić information content (AvgIpc) is 3.28. The lowest BCUT2D eigenvalue weighted by atomic mass is 10.1. The van der Waals surface area contributed by atoms with E-state index >= 15 is 0 Å². The van der Waals surface area contributed by atoms with E-state index in [1.807, 2.05) is 54.8 Å². The summed E-state index contributed by atoms with van der Waals surface area (Å²) in [7, 11) is 1.64. The molecule has 0 radical (unpaired) electrons. The fraction of sp³-hybridized carbons (Fsp3) is 0.150.